The van der Waals surface area contributed by atoms with Crippen molar-refractivity contribution >= 4 is 58.7 Å². The highest BCUT2D eigenvalue weighted by molar-refractivity contribution is 7.92. The summed E-state index contributed by atoms with van der Waals surface area (Å²) in [5, 5.41) is 3.31. The fraction of sp³-hybridized carbons (Fsp3) is 0.500. The van der Waals surface area contributed by atoms with Crippen LogP contribution in [-0.4, -0.2) is 80.8 Å². The number of carbonyl (C=O) groups is 2. The Labute approximate surface area is 357 Å². The van der Waals surface area contributed by atoms with Gasteiger partial charge in [0.1, 0.15) is 23.6 Å². The van der Waals surface area contributed by atoms with E-state index in [1.165, 1.54) is 24.3 Å². The third-order valence-corrected chi connectivity index (χ3v) is 15.6. The Morgan fingerprint density at radius 3 is 2.05 bits per heavy atom. The molecule has 330 valence electrons. The standard InChI is InChI=1S/C42H56ClF3N4O8SSi/c1-11-60(12-2,13-3)58-36(30-19-22-33(43)35(25-30)50(59(10,53)54)39(52)57-41(7,8)9)28-48(27-29-17-15-14-16-18-29)23-24-55-31-20-21-32-34(26-31)49(38(51)56-40(4,5)6)47-37(32)42(44,45)46/h14-22,25-26,36H,11-13,23-24,27-28H2,1-10H3/t36-/m0/s1. The van der Waals surface area contributed by atoms with Gasteiger partial charge in [-0.15, -0.1) is 0 Å². The van der Waals surface area contributed by atoms with Gasteiger partial charge in [-0.25, -0.2) is 18.0 Å². The van der Waals surface area contributed by atoms with Crippen LogP contribution in [-0.2, 0) is 36.6 Å². The van der Waals surface area contributed by atoms with Crippen molar-refractivity contribution < 1.29 is 49.8 Å². The number of nitrogens with zero attached hydrogens (tertiary/aromatic N) is 4. The molecule has 0 aliphatic heterocycles. The van der Waals surface area contributed by atoms with Crippen LogP contribution in [0.5, 0.6) is 5.75 Å². The summed E-state index contributed by atoms with van der Waals surface area (Å²) in [7, 11) is -6.58. The number of amides is 1. The summed E-state index contributed by atoms with van der Waals surface area (Å²) in [6, 6.07) is 20.9. The summed E-state index contributed by atoms with van der Waals surface area (Å²) in [5.74, 6) is 0.202. The fourth-order valence-corrected chi connectivity index (χ4v) is 10.4. The van der Waals surface area contributed by atoms with E-state index in [-0.39, 0.29) is 34.0 Å². The molecule has 0 saturated heterocycles. The Bertz CT molecular complexity index is 2220. The molecule has 1 amide bonds. The Hall–Kier alpha value is -4.16. The zero-order chi connectivity index (χ0) is 44.8. The maximum Gasteiger partial charge on any atom is 0.435 e. The summed E-state index contributed by atoms with van der Waals surface area (Å²) in [4.78, 5) is 28.5. The number of fused-ring (bicyclic) bond motifs is 1. The predicted octanol–water partition coefficient (Wildman–Crippen LogP) is 10.8. The maximum absolute atomic E-state index is 14.0. The van der Waals surface area contributed by atoms with Gasteiger partial charge in [-0.1, -0.05) is 68.8 Å². The Balaban J connectivity index is 1.74. The quantitative estimate of drug-likeness (QED) is 0.100. The molecule has 0 radical (unpaired) electrons. The minimum absolute atomic E-state index is 0.0145. The van der Waals surface area contributed by atoms with Crippen molar-refractivity contribution in [1.82, 2.24) is 14.7 Å². The molecule has 1 aromatic heterocycles. The number of sulfonamides is 1. The zero-order valence-corrected chi connectivity index (χ0v) is 38.4. The summed E-state index contributed by atoms with van der Waals surface area (Å²) >= 11 is 6.63. The molecule has 0 saturated carbocycles. The van der Waals surface area contributed by atoms with Crippen molar-refractivity contribution in [2.75, 3.05) is 30.3 Å². The third-order valence-electron chi connectivity index (χ3n) is 9.61. The Morgan fingerprint density at radius 1 is 0.883 bits per heavy atom. The third kappa shape index (κ3) is 12.9. The lowest BCUT2D eigenvalue weighted by atomic mass is 10.1. The molecule has 1 heterocycles. The smallest absolute Gasteiger partial charge is 0.435 e. The van der Waals surface area contributed by atoms with Gasteiger partial charge in [0.25, 0.3) is 0 Å². The van der Waals surface area contributed by atoms with Crippen LogP contribution in [0.15, 0.2) is 66.7 Å². The van der Waals surface area contributed by atoms with Crippen LogP contribution in [0.1, 0.15) is 85.2 Å². The SMILES string of the molecule is CC[Si](CC)(CC)O[C@@H](CN(CCOc1ccc2c(C(F)(F)F)nn(C(=O)OC(C)(C)C)c2c1)Cc1ccccc1)c1ccc(Cl)c(N(C(=O)OC(C)(C)C)S(C)(=O)=O)c1. The normalized spacial score (nSPS) is 13.4. The number of alkyl halides is 3. The van der Waals surface area contributed by atoms with E-state index >= 15 is 0 Å². The monoisotopic (exact) mass is 896 g/mol. The molecule has 4 rings (SSSR count). The van der Waals surface area contributed by atoms with Crippen LogP contribution in [0.25, 0.3) is 10.9 Å². The first kappa shape index (κ1) is 48.5. The molecule has 0 bridgehead atoms. The highest BCUT2D eigenvalue weighted by Gasteiger charge is 2.39. The van der Waals surface area contributed by atoms with Crippen LogP contribution in [0.3, 0.4) is 0 Å². The number of aromatic nitrogens is 2. The highest BCUT2D eigenvalue weighted by atomic mass is 35.5. The van der Waals surface area contributed by atoms with Gasteiger partial charge in [0.05, 0.1) is 28.6 Å². The average molecular weight is 898 g/mol. The molecule has 12 nitrogen and oxygen atoms in total. The topological polar surface area (TPSA) is 130 Å². The average Bonchev–Trinajstić information content (AvgIpc) is 3.53. The van der Waals surface area contributed by atoms with E-state index in [4.69, 9.17) is 30.2 Å². The molecule has 3 aromatic carbocycles. The molecule has 0 unspecified atom stereocenters. The molecular formula is C42H56ClF3N4O8SSi. The van der Waals surface area contributed by atoms with Crippen LogP contribution in [0.2, 0.25) is 23.2 Å². The lowest BCUT2D eigenvalue weighted by Gasteiger charge is -2.36. The summed E-state index contributed by atoms with van der Waals surface area (Å²) in [5.41, 5.74) is -1.86. The molecule has 1 atom stereocenters. The summed E-state index contributed by atoms with van der Waals surface area (Å²) < 4.78 is 93.6. The minimum atomic E-state index is -4.83. The molecule has 60 heavy (non-hydrogen) atoms. The molecule has 18 heteroatoms. The van der Waals surface area contributed by atoms with Gasteiger partial charge in [0.15, 0.2) is 14.0 Å². The number of ether oxygens (including phenoxy) is 3. The number of carbonyl (C=O) groups excluding carboxylic acids is 2. The Morgan fingerprint density at radius 2 is 1.50 bits per heavy atom. The molecule has 0 aliphatic carbocycles. The number of rotatable bonds is 16. The first-order valence-electron chi connectivity index (χ1n) is 19.7. The number of hydrogen-bond donors (Lipinski definition) is 0. The lowest BCUT2D eigenvalue weighted by Crippen LogP contribution is -2.42. The van der Waals surface area contributed by atoms with E-state index in [2.05, 4.69) is 30.8 Å². The van der Waals surface area contributed by atoms with Gasteiger partial charge in [0.2, 0.25) is 10.0 Å². The minimum Gasteiger partial charge on any atom is -0.492 e. The summed E-state index contributed by atoms with van der Waals surface area (Å²) in [6.45, 7) is 17.1. The van der Waals surface area contributed by atoms with Gasteiger partial charge in [-0.05, 0) is 95.1 Å². The van der Waals surface area contributed by atoms with Crippen molar-refractivity contribution in [3.63, 3.8) is 0 Å². The van der Waals surface area contributed by atoms with Gasteiger partial charge in [-0.3, -0.25) is 4.90 Å². The molecule has 0 fully saturated rings. The van der Waals surface area contributed by atoms with E-state index in [0.717, 1.165) is 30.0 Å². The number of anilines is 1. The first-order valence-corrected chi connectivity index (χ1v) is 24.5. The van der Waals surface area contributed by atoms with Crippen molar-refractivity contribution in [3.8, 4) is 5.75 Å². The van der Waals surface area contributed by atoms with Gasteiger partial charge >= 0.3 is 18.4 Å². The largest absolute Gasteiger partial charge is 0.492 e. The van der Waals surface area contributed by atoms with Crippen LogP contribution >= 0.6 is 11.6 Å². The summed E-state index contributed by atoms with van der Waals surface area (Å²) in [6.07, 6.45) is -6.73. The Kier molecular flexibility index (Phi) is 15.6. The predicted molar refractivity (Wildman–Crippen MR) is 230 cm³/mol. The van der Waals surface area contributed by atoms with Crippen molar-refractivity contribution in [3.05, 3.63) is 88.6 Å². The van der Waals surface area contributed by atoms with Crippen LogP contribution in [0, 0.1) is 0 Å². The van der Waals surface area contributed by atoms with Gasteiger partial charge in [-0.2, -0.15) is 27.3 Å². The second kappa shape index (κ2) is 19.3. The molecule has 0 spiro atoms. The second-order valence-electron chi connectivity index (χ2n) is 16.6. The second-order valence-corrected chi connectivity index (χ2v) is 23.5. The van der Waals surface area contributed by atoms with Crippen molar-refractivity contribution in [1.29, 1.82) is 0 Å². The first-order chi connectivity index (χ1) is 27.8. The van der Waals surface area contributed by atoms with Gasteiger partial charge in [0, 0.05) is 31.1 Å². The van der Waals surface area contributed by atoms with E-state index in [1.807, 2.05) is 30.3 Å². The maximum atomic E-state index is 14.0. The van der Waals surface area contributed by atoms with E-state index in [1.54, 1.807) is 53.7 Å². The number of halogens is 4. The molecule has 0 aliphatic rings. The zero-order valence-electron chi connectivity index (χ0n) is 35.9. The van der Waals surface area contributed by atoms with Gasteiger partial charge < -0.3 is 18.6 Å². The molecular weight excluding hydrogens is 841 g/mol. The van der Waals surface area contributed by atoms with Crippen molar-refractivity contribution in [2.45, 2.75) is 110 Å². The van der Waals surface area contributed by atoms with E-state index < -0.39 is 59.7 Å². The van der Waals surface area contributed by atoms with E-state index in [9.17, 15) is 31.2 Å². The van der Waals surface area contributed by atoms with Crippen LogP contribution in [0.4, 0.5) is 28.4 Å². The molecule has 4 aromatic rings. The highest BCUT2D eigenvalue weighted by Crippen LogP contribution is 2.38. The van der Waals surface area contributed by atoms with Crippen LogP contribution < -0.4 is 9.04 Å². The van der Waals surface area contributed by atoms with E-state index in [0.29, 0.717) is 34.2 Å². The number of benzene rings is 3. The fourth-order valence-electron chi connectivity index (χ4n) is 6.56. The lowest BCUT2D eigenvalue weighted by molar-refractivity contribution is -0.140. The number of hydrogen-bond acceptors (Lipinski definition) is 10. The van der Waals surface area contributed by atoms with Crippen molar-refractivity contribution in [2.24, 2.45) is 0 Å². The molecule has 0 N–H and O–H groups in total.